The smallest absolute Gasteiger partial charge is 0.241 e. The number of rotatable bonds is 6. The summed E-state index contributed by atoms with van der Waals surface area (Å²) >= 11 is 0. The minimum atomic E-state index is -0.217. The number of aliphatic imine (C=N–C) groups is 1. The second kappa shape index (κ2) is 11.2. The van der Waals surface area contributed by atoms with Crippen LogP contribution in [0, 0.1) is 18.7 Å². The minimum absolute atomic E-state index is 0. The second-order valence-corrected chi connectivity index (χ2v) is 6.16. The normalized spacial score (nSPS) is 11.0. The lowest BCUT2D eigenvalue weighted by atomic mass is 10.1. The van der Waals surface area contributed by atoms with Gasteiger partial charge in [-0.2, -0.15) is 0 Å². The molecule has 0 radical (unpaired) electrons. The number of hydrogen-bond acceptors (Lipinski definition) is 2. The van der Waals surface area contributed by atoms with Crippen LogP contribution in [0.1, 0.15) is 25.0 Å². The summed E-state index contributed by atoms with van der Waals surface area (Å²) in [4.78, 5) is 17.7. The van der Waals surface area contributed by atoms with E-state index < -0.39 is 0 Å². The molecule has 0 aliphatic carbocycles. The molecule has 1 aromatic rings. The topological polar surface area (TPSA) is 56.7 Å². The van der Waals surface area contributed by atoms with Crippen molar-refractivity contribution >= 4 is 35.8 Å². The van der Waals surface area contributed by atoms with Gasteiger partial charge in [-0.1, -0.05) is 26.0 Å². The summed E-state index contributed by atoms with van der Waals surface area (Å²) in [6, 6.07) is 4.95. The number of carbonyl (C=O) groups is 1. The zero-order valence-corrected chi connectivity index (χ0v) is 17.3. The molecule has 0 unspecified atom stereocenters. The number of aryl methyl sites for hydroxylation is 1. The van der Waals surface area contributed by atoms with Crippen LogP contribution < -0.4 is 10.6 Å². The lowest BCUT2D eigenvalue weighted by molar-refractivity contribution is -0.127. The number of guanidine groups is 1. The van der Waals surface area contributed by atoms with Crippen LogP contribution in [0.2, 0.25) is 0 Å². The van der Waals surface area contributed by atoms with Crippen molar-refractivity contribution < 1.29 is 9.18 Å². The molecule has 7 heteroatoms. The monoisotopic (exact) mass is 450 g/mol. The number of nitrogens with one attached hydrogen (secondary N) is 2. The fourth-order valence-corrected chi connectivity index (χ4v) is 1.77. The Morgan fingerprint density at radius 1 is 1.29 bits per heavy atom. The third-order valence-electron chi connectivity index (χ3n) is 3.23. The van der Waals surface area contributed by atoms with E-state index in [0.717, 1.165) is 12.1 Å². The first-order chi connectivity index (χ1) is 10.8. The van der Waals surface area contributed by atoms with Gasteiger partial charge in [0.25, 0.3) is 0 Å². The largest absolute Gasteiger partial charge is 0.356 e. The summed E-state index contributed by atoms with van der Waals surface area (Å²) in [5.41, 5.74) is 1.53. The minimum Gasteiger partial charge on any atom is -0.356 e. The van der Waals surface area contributed by atoms with Crippen molar-refractivity contribution in [2.75, 3.05) is 27.2 Å². The molecule has 136 valence electrons. The maximum absolute atomic E-state index is 13.3. The highest BCUT2D eigenvalue weighted by Gasteiger charge is 2.06. The summed E-state index contributed by atoms with van der Waals surface area (Å²) in [7, 11) is 3.42. The van der Waals surface area contributed by atoms with Crippen molar-refractivity contribution in [3.8, 4) is 0 Å². The number of hydrogen-bond donors (Lipinski definition) is 2. The molecule has 0 saturated heterocycles. The fraction of sp³-hybridized carbons (Fsp3) is 0.529. The van der Waals surface area contributed by atoms with E-state index in [9.17, 15) is 9.18 Å². The van der Waals surface area contributed by atoms with Crippen LogP contribution in [0.3, 0.4) is 0 Å². The Bertz CT molecular complexity index is 562. The fourth-order valence-electron chi connectivity index (χ4n) is 1.77. The van der Waals surface area contributed by atoms with Gasteiger partial charge in [0.05, 0.1) is 13.1 Å². The number of amides is 1. The Morgan fingerprint density at radius 2 is 1.96 bits per heavy atom. The predicted octanol–water partition coefficient (Wildman–Crippen LogP) is 2.53. The van der Waals surface area contributed by atoms with Crippen LogP contribution in [0.15, 0.2) is 23.2 Å². The van der Waals surface area contributed by atoms with Crippen molar-refractivity contribution in [1.29, 1.82) is 0 Å². The van der Waals surface area contributed by atoms with Gasteiger partial charge < -0.3 is 15.5 Å². The molecule has 2 N–H and O–H groups in total. The number of likely N-dealkylation sites (N-methyl/N-ethyl adjacent to an activating group) is 1. The highest BCUT2D eigenvalue weighted by molar-refractivity contribution is 14.0. The number of nitrogens with zero attached hydrogens (tertiary/aromatic N) is 2. The van der Waals surface area contributed by atoms with Gasteiger partial charge in [0.2, 0.25) is 5.91 Å². The van der Waals surface area contributed by atoms with Crippen molar-refractivity contribution in [1.82, 2.24) is 15.5 Å². The molecule has 1 amide bonds. The summed E-state index contributed by atoms with van der Waals surface area (Å²) in [5, 5.41) is 6.23. The van der Waals surface area contributed by atoms with Gasteiger partial charge in [0, 0.05) is 20.6 Å². The van der Waals surface area contributed by atoms with Crippen LogP contribution in [0.4, 0.5) is 4.39 Å². The Kier molecular flexibility index (Phi) is 10.6. The molecule has 0 aliphatic heterocycles. The maximum atomic E-state index is 13.3. The van der Waals surface area contributed by atoms with E-state index in [0.29, 0.717) is 24.0 Å². The van der Waals surface area contributed by atoms with Gasteiger partial charge >= 0.3 is 0 Å². The van der Waals surface area contributed by atoms with Gasteiger partial charge in [-0.15, -0.1) is 24.0 Å². The Labute approximate surface area is 161 Å². The number of benzene rings is 1. The lowest BCUT2D eigenvalue weighted by Crippen LogP contribution is -2.44. The molecular formula is C17H28FIN4O. The van der Waals surface area contributed by atoms with Crippen LogP contribution >= 0.6 is 24.0 Å². The van der Waals surface area contributed by atoms with E-state index in [2.05, 4.69) is 29.5 Å². The standard InChI is InChI=1S/C17H27FN4O.HI/c1-12(2)9-19-17(21-11-16(23)22(4)5)20-10-14-6-7-15(18)13(3)8-14;/h6-8,12H,9-11H2,1-5H3,(H2,19,20,21);1H. The predicted molar refractivity (Wildman–Crippen MR) is 107 cm³/mol. The first-order valence-corrected chi connectivity index (χ1v) is 7.77. The highest BCUT2D eigenvalue weighted by Crippen LogP contribution is 2.10. The van der Waals surface area contributed by atoms with Gasteiger partial charge in [0.15, 0.2) is 5.96 Å². The molecule has 1 rings (SSSR count). The zero-order chi connectivity index (χ0) is 17.4. The van der Waals surface area contributed by atoms with E-state index >= 15 is 0 Å². The van der Waals surface area contributed by atoms with Crippen molar-refractivity contribution in [3.05, 3.63) is 35.1 Å². The summed E-state index contributed by atoms with van der Waals surface area (Å²) in [5.74, 6) is 0.794. The molecule has 0 heterocycles. The molecular weight excluding hydrogens is 422 g/mol. The summed E-state index contributed by atoms with van der Waals surface area (Å²) in [6.45, 7) is 7.28. The molecule has 0 atom stereocenters. The van der Waals surface area contributed by atoms with E-state index in [1.54, 1.807) is 33.2 Å². The zero-order valence-electron chi connectivity index (χ0n) is 15.0. The third kappa shape index (κ3) is 8.47. The molecule has 24 heavy (non-hydrogen) atoms. The Balaban J connectivity index is 0.00000529. The SMILES string of the molecule is Cc1cc(CN=C(NCC(=O)N(C)C)NCC(C)C)ccc1F.I. The lowest BCUT2D eigenvalue weighted by Gasteiger charge is -2.16. The Hall–Kier alpha value is -1.38. The van der Waals surface area contributed by atoms with Crippen molar-refractivity contribution in [2.24, 2.45) is 10.9 Å². The summed E-state index contributed by atoms with van der Waals surface area (Å²) in [6.07, 6.45) is 0. The number of carbonyl (C=O) groups excluding carboxylic acids is 1. The van der Waals surface area contributed by atoms with Gasteiger partial charge in [0.1, 0.15) is 5.82 Å². The van der Waals surface area contributed by atoms with Crippen LogP contribution in [-0.2, 0) is 11.3 Å². The van der Waals surface area contributed by atoms with Crippen molar-refractivity contribution in [2.45, 2.75) is 27.3 Å². The first kappa shape index (κ1) is 22.6. The van der Waals surface area contributed by atoms with E-state index in [-0.39, 0.29) is 42.2 Å². The first-order valence-electron chi connectivity index (χ1n) is 7.77. The molecule has 0 aromatic heterocycles. The van der Waals surface area contributed by atoms with E-state index in [4.69, 9.17) is 0 Å². The maximum Gasteiger partial charge on any atom is 0.241 e. The second-order valence-electron chi connectivity index (χ2n) is 6.16. The molecule has 0 fully saturated rings. The van der Waals surface area contributed by atoms with E-state index in [1.807, 2.05) is 0 Å². The molecule has 0 spiro atoms. The molecule has 0 aliphatic rings. The van der Waals surface area contributed by atoms with E-state index in [1.165, 1.54) is 11.0 Å². The molecule has 5 nitrogen and oxygen atoms in total. The molecule has 0 bridgehead atoms. The third-order valence-corrected chi connectivity index (χ3v) is 3.23. The highest BCUT2D eigenvalue weighted by atomic mass is 127. The van der Waals surface area contributed by atoms with Crippen molar-refractivity contribution in [3.63, 3.8) is 0 Å². The van der Waals surface area contributed by atoms with Crippen LogP contribution in [0.5, 0.6) is 0 Å². The summed E-state index contributed by atoms with van der Waals surface area (Å²) < 4.78 is 13.3. The average Bonchev–Trinajstić information content (AvgIpc) is 2.49. The number of halogens is 2. The van der Waals surface area contributed by atoms with Gasteiger partial charge in [-0.3, -0.25) is 4.79 Å². The average molecular weight is 450 g/mol. The molecule has 0 saturated carbocycles. The Morgan fingerprint density at radius 3 is 2.50 bits per heavy atom. The van der Waals surface area contributed by atoms with Crippen LogP contribution in [0.25, 0.3) is 0 Å². The van der Waals surface area contributed by atoms with Gasteiger partial charge in [-0.05, 0) is 30.0 Å². The quantitative estimate of drug-likeness (QED) is 0.398. The van der Waals surface area contributed by atoms with Gasteiger partial charge in [-0.25, -0.2) is 9.38 Å². The molecule has 1 aromatic carbocycles. The van der Waals surface area contributed by atoms with Crippen LogP contribution in [-0.4, -0.2) is 44.0 Å².